The summed E-state index contributed by atoms with van der Waals surface area (Å²) in [5.74, 6) is -0.585. The zero-order valence-corrected chi connectivity index (χ0v) is 41.1. The molecule has 0 aliphatic rings. The Morgan fingerprint density at radius 3 is 1.06 bits per heavy atom. The summed E-state index contributed by atoms with van der Waals surface area (Å²) in [5.41, 5.74) is 0. The fraction of sp³-hybridized carbons (Fsp3) is 0.789. The lowest BCUT2D eigenvalue weighted by Gasteiger charge is -2.15. The molecule has 0 rings (SSSR count). The van der Waals surface area contributed by atoms with E-state index in [0.717, 1.165) is 64.2 Å². The van der Waals surface area contributed by atoms with Gasteiger partial charge in [-0.05, 0) is 77.0 Å². The predicted octanol–water partition coefficient (Wildman–Crippen LogP) is 17.9. The first kappa shape index (κ1) is 59.6. The second kappa shape index (κ2) is 52.9. The average molecular weight is 867 g/mol. The Balaban J connectivity index is 3.48. The van der Waals surface area contributed by atoms with Crippen LogP contribution in [0.3, 0.4) is 0 Å². The largest absolute Gasteiger partial charge is 0.462 e. The standard InChI is InChI=1S/C57H102O5/c1-3-5-7-9-11-13-15-17-19-21-23-25-27-28-30-32-34-36-38-40-42-44-46-48-50-52-57(60)62-55(53-58)54-61-56(59)51-49-47-45-43-41-39-37-35-33-31-29-26-24-22-20-18-16-14-12-10-8-6-4-2/h5,7,11,13,17,19,22-25,55,58H,3-4,6,8-10,12,14-16,18,20-21,26-54H2,1-2H3/b7-5-,13-11-,19-17-,24-22-,25-23-. The van der Waals surface area contributed by atoms with E-state index in [2.05, 4.69) is 74.6 Å². The lowest BCUT2D eigenvalue weighted by molar-refractivity contribution is -0.161. The van der Waals surface area contributed by atoms with E-state index in [9.17, 15) is 14.7 Å². The molecule has 0 fully saturated rings. The molecule has 360 valence electrons. The van der Waals surface area contributed by atoms with Crippen LogP contribution in [0.4, 0.5) is 0 Å². The van der Waals surface area contributed by atoms with Crippen molar-refractivity contribution in [3.63, 3.8) is 0 Å². The van der Waals surface area contributed by atoms with Crippen molar-refractivity contribution in [3.8, 4) is 0 Å². The molecule has 0 aromatic rings. The smallest absolute Gasteiger partial charge is 0.306 e. The first-order chi connectivity index (χ1) is 30.6. The summed E-state index contributed by atoms with van der Waals surface area (Å²) in [6, 6.07) is 0. The molecule has 0 bridgehead atoms. The number of ether oxygens (including phenoxy) is 2. The maximum Gasteiger partial charge on any atom is 0.306 e. The van der Waals surface area contributed by atoms with E-state index < -0.39 is 6.10 Å². The maximum atomic E-state index is 12.3. The van der Waals surface area contributed by atoms with Crippen LogP contribution in [0.25, 0.3) is 0 Å². The molecule has 0 aliphatic heterocycles. The number of hydrogen-bond acceptors (Lipinski definition) is 5. The molecule has 1 unspecified atom stereocenters. The van der Waals surface area contributed by atoms with Gasteiger partial charge in [-0.2, -0.15) is 0 Å². The van der Waals surface area contributed by atoms with Crippen LogP contribution in [0, 0.1) is 0 Å². The summed E-state index contributed by atoms with van der Waals surface area (Å²) < 4.78 is 10.7. The number of carbonyl (C=O) groups excluding carboxylic acids is 2. The molecule has 5 nitrogen and oxygen atoms in total. The van der Waals surface area contributed by atoms with Gasteiger partial charge < -0.3 is 14.6 Å². The van der Waals surface area contributed by atoms with Gasteiger partial charge in [0.05, 0.1) is 6.61 Å². The Kier molecular flexibility index (Phi) is 50.9. The van der Waals surface area contributed by atoms with Crippen LogP contribution in [-0.2, 0) is 19.1 Å². The fourth-order valence-corrected chi connectivity index (χ4v) is 7.78. The van der Waals surface area contributed by atoms with Gasteiger partial charge in [-0.25, -0.2) is 0 Å². The summed E-state index contributed by atoms with van der Waals surface area (Å²) in [6.45, 7) is 4.05. The number of esters is 2. The Bertz CT molecular complexity index is 1070. The van der Waals surface area contributed by atoms with Gasteiger partial charge in [-0.1, -0.05) is 242 Å². The molecule has 0 saturated carbocycles. The van der Waals surface area contributed by atoms with Crippen LogP contribution in [-0.4, -0.2) is 36.4 Å². The Morgan fingerprint density at radius 1 is 0.387 bits per heavy atom. The molecule has 0 spiro atoms. The van der Waals surface area contributed by atoms with E-state index in [-0.39, 0.29) is 25.2 Å². The molecule has 0 aromatic carbocycles. The highest BCUT2D eigenvalue weighted by Gasteiger charge is 2.16. The minimum atomic E-state index is -0.775. The van der Waals surface area contributed by atoms with Crippen molar-refractivity contribution in [2.45, 2.75) is 277 Å². The lowest BCUT2D eigenvalue weighted by Crippen LogP contribution is -2.28. The summed E-state index contributed by atoms with van der Waals surface area (Å²) in [4.78, 5) is 24.5. The first-order valence-corrected chi connectivity index (χ1v) is 26.8. The monoisotopic (exact) mass is 867 g/mol. The molecule has 1 N–H and O–H groups in total. The van der Waals surface area contributed by atoms with E-state index in [1.54, 1.807) is 0 Å². The molecule has 62 heavy (non-hydrogen) atoms. The second-order valence-electron chi connectivity index (χ2n) is 17.9. The molecular formula is C57H102O5. The average Bonchev–Trinajstić information content (AvgIpc) is 3.28. The number of unbranched alkanes of at least 4 members (excludes halogenated alkanes) is 31. The van der Waals surface area contributed by atoms with Gasteiger partial charge in [0.15, 0.2) is 6.10 Å². The first-order valence-electron chi connectivity index (χ1n) is 26.8. The van der Waals surface area contributed by atoms with Crippen molar-refractivity contribution in [3.05, 3.63) is 60.8 Å². The highest BCUT2D eigenvalue weighted by molar-refractivity contribution is 5.70. The van der Waals surface area contributed by atoms with E-state index >= 15 is 0 Å². The van der Waals surface area contributed by atoms with Crippen molar-refractivity contribution >= 4 is 11.9 Å². The van der Waals surface area contributed by atoms with Gasteiger partial charge >= 0.3 is 11.9 Å². The summed E-state index contributed by atoms with van der Waals surface area (Å²) in [6.07, 6.45) is 70.4. The molecule has 0 amide bonds. The van der Waals surface area contributed by atoms with Crippen molar-refractivity contribution in [1.82, 2.24) is 0 Å². The highest BCUT2D eigenvalue weighted by Crippen LogP contribution is 2.16. The minimum absolute atomic E-state index is 0.0663. The van der Waals surface area contributed by atoms with Gasteiger partial charge in [0.2, 0.25) is 0 Å². The maximum absolute atomic E-state index is 12.3. The molecule has 0 radical (unpaired) electrons. The zero-order chi connectivity index (χ0) is 44.9. The number of hydrogen-bond donors (Lipinski definition) is 1. The van der Waals surface area contributed by atoms with Gasteiger partial charge in [0.25, 0.3) is 0 Å². The van der Waals surface area contributed by atoms with Gasteiger partial charge in [-0.15, -0.1) is 0 Å². The SMILES string of the molecule is CC/C=C\C/C=C\C/C=C\C/C=C\CCCCCCCCCCCCCCC(=O)OC(CO)COC(=O)CCCCCCCCCCCCC/C=C\CCCCCCCCCC. The fourth-order valence-electron chi connectivity index (χ4n) is 7.78. The third-order valence-electron chi connectivity index (χ3n) is 11.8. The number of allylic oxidation sites excluding steroid dienone is 10. The molecule has 5 heteroatoms. The molecule has 1 atom stereocenters. The number of aliphatic hydroxyl groups is 1. The van der Waals surface area contributed by atoms with Crippen LogP contribution >= 0.6 is 0 Å². The number of aliphatic hydroxyl groups excluding tert-OH is 1. The van der Waals surface area contributed by atoms with Crippen molar-refractivity contribution in [2.75, 3.05) is 13.2 Å². The topological polar surface area (TPSA) is 72.8 Å². The Morgan fingerprint density at radius 2 is 0.694 bits per heavy atom. The zero-order valence-electron chi connectivity index (χ0n) is 41.1. The quantitative estimate of drug-likeness (QED) is 0.0375. The lowest BCUT2D eigenvalue weighted by atomic mass is 10.0. The summed E-state index contributed by atoms with van der Waals surface area (Å²) >= 11 is 0. The second-order valence-corrected chi connectivity index (χ2v) is 17.9. The van der Waals surface area contributed by atoms with Crippen molar-refractivity contribution in [1.29, 1.82) is 0 Å². The van der Waals surface area contributed by atoms with Crippen LogP contribution in [0.1, 0.15) is 271 Å². The number of rotatable bonds is 49. The van der Waals surface area contributed by atoms with Crippen LogP contribution < -0.4 is 0 Å². The van der Waals surface area contributed by atoms with Crippen LogP contribution in [0.15, 0.2) is 60.8 Å². The van der Waals surface area contributed by atoms with Crippen LogP contribution in [0.2, 0.25) is 0 Å². The molecule has 0 aliphatic carbocycles. The van der Waals surface area contributed by atoms with Crippen LogP contribution in [0.5, 0.6) is 0 Å². The third kappa shape index (κ3) is 50.2. The minimum Gasteiger partial charge on any atom is -0.462 e. The molecular weight excluding hydrogens is 765 g/mol. The Labute approximate surface area is 385 Å². The van der Waals surface area contributed by atoms with E-state index in [0.29, 0.717) is 12.8 Å². The molecule has 0 aromatic heterocycles. The van der Waals surface area contributed by atoms with Crippen molar-refractivity contribution < 1.29 is 24.2 Å². The summed E-state index contributed by atoms with van der Waals surface area (Å²) in [5, 5.41) is 9.64. The van der Waals surface area contributed by atoms with Gasteiger partial charge in [-0.3, -0.25) is 9.59 Å². The molecule has 0 heterocycles. The number of carbonyl (C=O) groups is 2. The van der Waals surface area contributed by atoms with Gasteiger partial charge in [0, 0.05) is 12.8 Å². The van der Waals surface area contributed by atoms with Gasteiger partial charge in [0.1, 0.15) is 6.61 Å². The van der Waals surface area contributed by atoms with E-state index in [4.69, 9.17) is 9.47 Å². The van der Waals surface area contributed by atoms with E-state index in [1.807, 2.05) is 0 Å². The Hall–Kier alpha value is -2.40. The third-order valence-corrected chi connectivity index (χ3v) is 11.8. The summed E-state index contributed by atoms with van der Waals surface area (Å²) in [7, 11) is 0. The van der Waals surface area contributed by atoms with Crippen molar-refractivity contribution in [2.24, 2.45) is 0 Å². The van der Waals surface area contributed by atoms with E-state index in [1.165, 1.54) is 180 Å². The highest BCUT2D eigenvalue weighted by atomic mass is 16.6. The normalized spacial score (nSPS) is 12.6. The predicted molar refractivity (Wildman–Crippen MR) is 270 cm³/mol. The molecule has 0 saturated heterocycles.